The molecule has 434 valence electrons. The molecule has 4 aromatic carbocycles. The van der Waals surface area contributed by atoms with Crippen molar-refractivity contribution in [3.63, 3.8) is 0 Å². The Hall–Kier alpha value is -9.01. The van der Waals surface area contributed by atoms with Gasteiger partial charge in [0.2, 0.25) is 11.8 Å². The maximum atomic E-state index is 14.7. The monoisotopic (exact) mass is 1130 g/mol. The molecule has 0 fully saturated rings. The molecule has 4 N–H and O–H groups in total. The van der Waals surface area contributed by atoms with Gasteiger partial charge in [-0.15, -0.1) is 0 Å². The SMILES string of the molecule is CCOC(=O)COc1c2cccc1Cc1cc3cc(c1OCC(=O)OCC)Cc1cccc(c1OCC(=O)OCC)Cc1cc(cc(c1OCC(=O)OCC)C2)NC(=O)[C@H](C(C)C)NC(=O)c1cccc(n1)C(=O)N[C@H](C(C)C)C(=O)N3. The van der Waals surface area contributed by atoms with Crippen LogP contribution in [-0.4, -0.2) is 117 Å². The lowest BCUT2D eigenvalue weighted by Crippen LogP contribution is -2.48. The normalized spacial score (nSPS) is 15.2. The maximum Gasteiger partial charge on any atom is 0.344 e. The molecule has 21 nitrogen and oxygen atoms in total. The number of fused-ring (bicyclic) bond motifs is 8. The van der Waals surface area contributed by atoms with Crippen LogP contribution in [0, 0.1) is 11.8 Å². The summed E-state index contributed by atoms with van der Waals surface area (Å²) in [5, 5.41) is 11.6. The number of anilines is 2. The largest absolute Gasteiger partial charge is 0.481 e. The van der Waals surface area contributed by atoms with Crippen molar-refractivity contribution < 1.29 is 76.3 Å². The van der Waals surface area contributed by atoms with Crippen molar-refractivity contribution >= 4 is 58.9 Å². The lowest BCUT2D eigenvalue weighted by atomic mass is 9.90. The van der Waals surface area contributed by atoms with Gasteiger partial charge >= 0.3 is 23.9 Å². The first kappa shape index (κ1) is 60.6. The summed E-state index contributed by atoms with van der Waals surface area (Å²) in [6, 6.07) is 19.2. The summed E-state index contributed by atoms with van der Waals surface area (Å²) in [5.74, 6) is -5.54. The molecule has 0 saturated heterocycles. The van der Waals surface area contributed by atoms with Gasteiger partial charge in [-0.25, -0.2) is 24.2 Å². The van der Waals surface area contributed by atoms with Crippen molar-refractivity contribution in [2.45, 2.75) is 93.2 Å². The van der Waals surface area contributed by atoms with Gasteiger partial charge in [-0.05, 0) is 98.2 Å². The Morgan fingerprint density at radius 2 is 0.707 bits per heavy atom. The van der Waals surface area contributed by atoms with Crippen LogP contribution in [-0.2, 0) is 73.4 Å². The van der Waals surface area contributed by atoms with Crippen LogP contribution in [0.4, 0.5) is 11.4 Å². The first-order valence-electron chi connectivity index (χ1n) is 27.3. The number of hydrogen-bond acceptors (Lipinski definition) is 17. The second-order valence-electron chi connectivity index (χ2n) is 19.9. The number of para-hydroxylation sites is 2. The molecule has 3 aliphatic rings. The van der Waals surface area contributed by atoms with Crippen molar-refractivity contribution in [3.8, 4) is 23.0 Å². The molecule has 12 bridgehead atoms. The Morgan fingerprint density at radius 1 is 0.439 bits per heavy atom. The predicted octanol–water partition coefficient (Wildman–Crippen LogP) is 6.63. The highest BCUT2D eigenvalue weighted by Gasteiger charge is 2.31. The van der Waals surface area contributed by atoms with Gasteiger partial charge in [0, 0.05) is 59.3 Å². The third kappa shape index (κ3) is 15.7. The second-order valence-corrected chi connectivity index (χ2v) is 19.9. The van der Waals surface area contributed by atoms with Gasteiger partial charge in [-0.2, -0.15) is 0 Å². The molecule has 2 aliphatic heterocycles. The highest BCUT2D eigenvalue weighted by Crippen LogP contribution is 2.41. The zero-order valence-corrected chi connectivity index (χ0v) is 47.3. The minimum atomic E-state index is -1.17. The third-order valence-corrected chi connectivity index (χ3v) is 13.1. The number of esters is 4. The third-order valence-electron chi connectivity index (χ3n) is 13.1. The standard InChI is InChI=1S/C61H69N5O16/c1-9-75-48(67)30-79-54-36-16-13-17-37(54)23-41-27-45-29-43(57(41)82-33-51(70)78-12-4)25-39-19-14-18-38(55(39)80-31-49(68)76-10-2)24-42-28-44(26-40(22-36)56(42)81-32-50(69)77-11-3)62-60(73)52(34(5)6)65-58(71)46-20-15-21-47(64-46)59(72)66-53(35(7)8)61(74)63-45/h13-21,26-29,34-35,52-53H,9-12,22-25,30-33H2,1-8H3,(H,62,73)(H,63,74)(H,65,71)(H,66,72)/t52-,53+. The van der Waals surface area contributed by atoms with Crippen molar-refractivity contribution in [2.24, 2.45) is 11.8 Å². The first-order valence-corrected chi connectivity index (χ1v) is 27.3. The topological polar surface area (TPSA) is 271 Å². The summed E-state index contributed by atoms with van der Waals surface area (Å²) in [4.78, 5) is 115. The van der Waals surface area contributed by atoms with Gasteiger partial charge in [0.05, 0.1) is 26.4 Å². The number of amides is 4. The fraction of sp³-hybridized carbons (Fsp3) is 0.393. The summed E-state index contributed by atoms with van der Waals surface area (Å²) < 4.78 is 47.1. The average Bonchev–Trinajstić information content (AvgIpc) is 3.52. The van der Waals surface area contributed by atoms with Gasteiger partial charge in [-0.3, -0.25) is 19.2 Å². The van der Waals surface area contributed by atoms with Crippen LogP contribution < -0.4 is 40.2 Å². The number of nitrogens with one attached hydrogen (secondary N) is 4. The Balaban J connectivity index is 1.58. The van der Waals surface area contributed by atoms with Crippen LogP contribution in [0.25, 0.3) is 0 Å². The first-order chi connectivity index (χ1) is 39.4. The number of carbonyl (C=O) groups excluding carboxylic acids is 8. The molecule has 0 spiro atoms. The molecule has 2 atom stereocenters. The summed E-state index contributed by atoms with van der Waals surface area (Å²) in [6.45, 7) is 11.8. The fourth-order valence-corrected chi connectivity index (χ4v) is 9.54. The van der Waals surface area contributed by atoms with Gasteiger partial charge in [0.1, 0.15) is 46.5 Å². The highest BCUT2D eigenvalue weighted by molar-refractivity contribution is 6.03. The quantitative estimate of drug-likeness (QED) is 0.0520. The number of carbonyl (C=O) groups is 8. The molecule has 3 heterocycles. The zero-order chi connectivity index (χ0) is 59.0. The summed E-state index contributed by atoms with van der Waals surface area (Å²) in [7, 11) is 0. The minimum Gasteiger partial charge on any atom is -0.481 e. The number of benzene rings is 4. The Morgan fingerprint density at radius 3 is 0.976 bits per heavy atom. The van der Waals surface area contributed by atoms with E-state index in [2.05, 4.69) is 26.3 Å². The van der Waals surface area contributed by atoms with E-state index in [0.29, 0.717) is 44.5 Å². The molecule has 0 radical (unpaired) electrons. The number of hydrogen-bond donors (Lipinski definition) is 4. The van der Waals surface area contributed by atoms with E-state index in [4.69, 9.17) is 37.9 Å². The molecule has 0 saturated carbocycles. The molecule has 0 unspecified atom stereocenters. The van der Waals surface area contributed by atoms with Crippen molar-refractivity contribution in [1.82, 2.24) is 15.6 Å². The molecule has 82 heavy (non-hydrogen) atoms. The number of nitrogens with zero attached hydrogens (tertiary/aromatic N) is 1. The van der Waals surface area contributed by atoms with Crippen molar-refractivity contribution in [2.75, 3.05) is 63.5 Å². The second kappa shape index (κ2) is 28.4. The van der Waals surface area contributed by atoms with Crippen LogP contribution >= 0.6 is 0 Å². The predicted molar refractivity (Wildman–Crippen MR) is 299 cm³/mol. The van der Waals surface area contributed by atoms with Crippen LogP contribution in [0.3, 0.4) is 0 Å². The van der Waals surface area contributed by atoms with Crippen LogP contribution in [0.5, 0.6) is 23.0 Å². The van der Waals surface area contributed by atoms with E-state index in [9.17, 15) is 38.4 Å². The molecule has 5 aromatic rings. The summed E-state index contributed by atoms with van der Waals surface area (Å²) in [6.07, 6.45) is -0.130. The molecule has 1 aliphatic carbocycles. The average molecular weight is 1130 g/mol. The Labute approximate surface area is 475 Å². The number of rotatable bonds is 18. The number of aromatic nitrogens is 1. The van der Waals surface area contributed by atoms with E-state index in [-0.39, 0.29) is 97.9 Å². The molecule has 4 amide bonds. The van der Waals surface area contributed by atoms with Crippen LogP contribution in [0.15, 0.2) is 78.9 Å². The highest BCUT2D eigenvalue weighted by atomic mass is 16.6. The Kier molecular flexibility index (Phi) is 21.0. The number of ether oxygens (including phenoxy) is 8. The maximum absolute atomic E-state index is 14.7. The summed E-state index contributed by atoms with van der Waals surface area (Å²) in [5.41, 5.74) is 3.77. The molecule has 21 heteroatoms. The molecule has 8 rings (SSSR count). The van der Waals surface area contributed by atoms with Gasteiger partial charge < -0.3 is 59.2 Å². The lowest BCUT2D eigenvalue weighted by Gasteiger charge is -2.25. The molecule has 1 aromatic heterocycles. The van der Waals surface area contributed by atoms with E-state index in [1.807, 2.05) is 0 Å². The van der Waals surface area contributed by atoms with Crippen LogP contribution in [0.1, 0.15) is 121 Å². The van der Waals surface area contributed by atoms with E-state index in [1.54, 1.807) is 116 Å². The van der Waals surface area contributed by atoms with E-state index in [0.717, 1.165) is 0 Å². The lowest BCUT2D eigenvalue weighted by molar-refractivity contribution is -0.146. The molecular weight excluding hydrogens is 1060 g/mol. The molecular formula is C61H69N5O16. The number of pyridine rings is 1. The van der Waals surface area contributed by atoms with E-state index in [1.165, 1.54) is 18.2 Å². The van der Waals surface area contributed by atoms with Crippen LogP contribution in [0.2, 0.25) is 0 Å². The van der Waals surface area contributed by atoms with E-state index < -0.39 is 97.9 Å². The van der Waals surface area contributed by atoms with Crippen molar-refractivity contribution in [1.29, 1.82) is 0 Å². The van der Waals surface area contributed by atoms with Gasteiger partial charge in [0.25, 0.3) is 11.8 Å². The summed E-state index contributed by atoms with van der Waals surface area (Å²) >= 11 is 0. The van der Waals surface area contributed by atoms with Crippen molar-refractivity contribution in [3.05, 3.63) is 135 Å². The van der Waals surface area contributed by atoms with Gasteiger partial charge in [0.15, 0.2) is 26.4 Å². The van der Waals surface area contributed by atoms with Gasteiger partial charge in [-0.1, -0.05) is 70.2 Å². The minimum absolute atomic E-state index is 0.0324. The Bertz CT molecular complexity index is 2910. The fourth-order valence-electron chi connectivity index (χ4n) is 9.54. The zero-order valence-electron chi connectivity index (χ0n) is 47.3. The smallest absolute Gasteiger partial charge is 0.344 e. The van der Waals surface area contributed by atoms with E-state index >= 15 is 0 Å².